The largest absolute Gasteiger partial charge is 0.231 e. The Morgan fingerprint density at radius 1 is 1.43 bits per heavy atom. The summed E-state index contributed by atoms with van der Waals surface area (Å²) >= 11 is 0. The number of hydrogen-bond acceptors (Lipinski definition) is 3. The standard InChI is InChI=1S/C14H16F2N2O2S/c1-2-11(9-17)21(19,20)18-7-3-4-14(18)10-5-6-12(15)13(16)8-10/h5-6,8,11,14H,2-4,7H2,1H3/t11-,14-/m0/s1. The molecule has 7 heteroatoms. The van der Waals surface area contributed by atoms with E-state index in [9.17, 15) is 17.2 Å². The summed E-state index contributed by atoms with van der Waals surface area (Å²) in [4.78, 5) is 0. The monoisotopic (exact) mass is 314 g/mol. The topological polar surface area (TPSA) is 61.2 Å². The fraction of sp³-hybridized carbons (Fsp3) is 0.500. The summed E-state index contributed by atoms with van der Waals surface area (Å²) in [5, 5.41) is 7.89. The van der Waals surface area contributed by atoms with Gasteiger partial charge < -0.3 is 0 Å². The average molecular weight is 314 g/mol. The first kappa shape index (κ1) is 15.9. The van der Waals surface area contributed by atoms with Crippen molar-refractivity contribution in [3.63, 3.8) is 0 Å². The summed E-state index contributed by atoms with van der Waals surface area (Å²) in [5.74, 6) is -1.96. The van der Waals surface area contributed by atoms with Crippen LogP contribution in [-0.2, 0) is 10.0 Å². The number of hydrogen-bond donors (Lipinski definition) is 0. The van der Waals surface area contributed by atoms with Gasteiger partial charge in [-0.1, -0.05) is 13.0 Å². The van der Waals surface area contributed by atoms with Crippen LogP contribution in [0.15, 0.2) is 18.2 Å². The van der Waals surface area contributed by atoms with Gasteiger partial charge in [0.15, 0.2) is 16.9 Å². The Labute approximate surface area is 123 Å². The molecule has 0 aliphatic carbocycles. The van der Waals surface area contributed by atoms with E-state index in [1.807, 2.05) is 0 Å². The molecule has 0 unspecified atom stereocenters. The van der Waals surface area contributed by atoms with Crippen LogP contribution >= 0.6 is 0 Å². The lowest BCUT2D eigenvalue weighted by Crippen LogP contribution is -2.37. The van der Waals surface area contributed by atoms with Gasteiger partial charge in [0.25, 0.3) is 0 Å². The van der Waals surface area contributed by atoms with Crippen molar-refractivity contribution < 1.29 is 17.2 Å². The van der Waals surface area contributed by atoms with E-state index in [0.29, 0.717) is 24.9 Å². The fourth-order valence-electron chi connectivity index (χ4n) is 2.63. The molecule has 0 radical (unpaired) electrons. The lowest BCUT2D eigenvalue weighted by Gasteiger charge is -2.26. The number of benzene rings is 1. The number of rotatable bonds is 4. The first-order valence-corrected chi connectivity index (χ1v) is 8.27. The smallest absolute Gasteiger partial charge is 0.211 e. The molecule has 4 nitrogen and oxygen atoms in total. The first-order chi connectivity index (χ1) is 9.91. The van der Waals surface area contributed by atoms with Gasteiger partial charge in [-0.25, -0.2) is 17.2 Å². The Kier molecular flexibility index (Phi) is 4.59. The highest BCUT2D eigenvalue weighted by Gasteiger charge is 2.39. The second-order valence-corrected chi connectivity index (χ2v) is 7.08. The molecule has 0 amide bonds. The van der Waals surface area contributed by atoms with Crippen LogP contribution in [0, 0.1) is 23.0 Å². The molecule has 1 aromatic carbocycles. The van der Waals surface area contributed by atoms with E-state index < -0.39 is 32.9 Å². The van der Waals surface area contributed by atoms with E-state index in [-0.39, 0.29) is 6.42 Å². The van der Waals surface area contributed by atoms with Crippen LogP contribution in [0.3, 0.4) is 0 Å². The van der Waals surface area contributed by atoms with Crippen molar-refractivity contribution in [2.75, 3.05) is 6.54 Å². The summed E-state index contributed by atoms with van der Waals surface area (Å²) < 4.78 is 52.5. The number of halogens is 2. The van der Waals surface area contributed by atoms with Crippen molar-refractivity contribution in [2.45, 2.75) is 37.5 Å². The third-order valence-electron chi connectivity index (χ3n) is 3.73. The molecule has 1 aromatic rings. The van der Waals surface area contributed by atoms with E-state index in [4.69, 9.17) is 5.26 Å². The van der Waals surface area contributed by atoms with E-state index in [1.165, 1.54) is 10.4 Å². The summed E-state index contributed by atoms with van der Waals surface area (Å²) in [6.07, 6.45) is 1.36. The van der Waals surface area contributed by atoms with E-state index in [2.05, 4.69) is 0 Å². The highest BCUT2D eigenvalue weighted by Crippen LogP contribution is 2.36. The molecule has 1 aliphatic heterocycles. The maximum absolute atomic E-state index is 13.4. The summed E-state index contributed by atoms with van der Waals surface area (Å²) in [6, 6.07) is 4.68. The van der Waals surface area contributed by atoms with Gasteiger partial charge in [-0.05, 0) is 37.0 Å². The summed E-state index contributed by atoms with van der Waals surface area (Å²) in [6.45, 7) is 1.93. The molecular formula is C14H16F2N2O2S. The molecule has 0 aromatic heterocycles. The van der Waals surface area contributed by atoms with Crippen molar-refractivity contribution in [3.05, 3.63) is 35.4 Å². The minimum Gasteiger partial charge on any atom is -0.211 e. The molecule has 1 heterocycles. The summed E-state index contributed by atoms with van der Waals surface area (Å²) in [7, 11) is -3.77. The zero-order valence-electron chi connectivity index (χ0n) is 11.6. The zero-order chi connectivity index (χ0) is 15.6. The maximum Gasteiger partial charge on any atom is 0.231 e. The van der Waals surface area contributed by atoms with Crippen molar-refractivity contribution >= 4 is 10.0 Å². The second kappa shape index (κ2) is 6.08. The lowest BCUT2D eigenvalue weighted by molar-refractivity contribution is 0.390. The quantitative estimate of drug-likeness (QED) is 0.858. The third-order valence-corrected chi connectivity index (χ3v) is 5.98. The van der Waals surface area contributed by atoms with Gasteiger partial charge in [-0.15, -0.1) is 0 Å². The van der Waals surface area contributed by atoms with Gasteiger partial charge in [-0.3, -0.25) is 0 Å². The van der Waals surface area contributed by atoms with Gasteiger partial charge in [0.1, 0.15) is 0 Å². The Morgan fingerprint density at radius 3 is 2.71 bits per heavy atom. The molecule has 1 aliphatic rings. The first-order valence-electron chi connectivity index (χ1n) is 6.77. The van der Waals surface area contributed by atoms with Gasteiger partial charge in [0, 0.05) is 12.6 Å². The second-order valence-electron chi connectivity index (χ2n) is 5.01. The molecule has 2 atom stereocenters. The molecule has 0 saturated carbocycles. The molecule has 1 fully saturated rings. The van der Waals surface area contributed by atoms with E-state index in [0.717, 1.165) is 12.1 Å². The Hall–Kier alpha value is -1.52. The SMILES string of the molecule is CC[C@@H](C#N)S(=O)(=O)N1CCC[C@H]1c1ccc(F)c(F)c1. The maximum atomic E-state index is 13.4. The Bertz CT molecular complexity index is 670. The molecule has 0 N–H and O–H groups in total. The van der Waals surface area contributed by atoms with Gasteiger partial charge in [0.2, 0.25) is 10.0 Å². The van der Waals surface area contributed by atoms with Crippen molar-refractivity contribution in [1.82, 2.24) is 4.31 Å². The van der Waals surface area contributed by atoms with Crippen LogP contribution in [0.2, 0.25) is 0 Å². The molecule has 1 saturated heterocycles. The number of nitrogens with zero attached hydrogens (tertiary/aromatic N) is 2. The molecule has 114 valence electrons. The van der Waals surface area contributed by atoms with Crippen LogP contribution < -0.4 is 0 Å². The normalized spacial score (nSPS) is 21.1. The van der Waals surface area contributed by atoms with E-state index in [1.54, 1.807) is 13.0 Å². The summed E-state index contributed by atoms with van der Waals surface area (Å²) in [5.41, 5.74) is 0.419. The zero-order valence-corrected chi connectivity index (χ0v) is 12.4. The average Bonchev–Trinajstić information content (AvgIpc) is 2.93. The van der Waals surface area contributed by atoms with Gasteiger partial charge in [0.05, 0.1) is 6.07 Å². The van der Waals surface area contributed by atoms with Gasteiger partial charge in [-0.2, -0.15) is 9.57 Å². The lowest BCUT2D eigenvalue weighted by atomic mass is 10.1. The molecule has 0 spiro atoms. The Morgan fingerprint density at radius 2 is 2.14 bits per heavy atom. The molecule has 2 rings (SSSR count). The third kappa shape index (κ3) is 2.92. The van der Waals surface area contributed by atoms with Crippen LogP contribution in [0.25, 0.3) is 0 Å². The minimum atomic E-state index is -3.77. The van der Waals surface area contributed by atoms with Gasteiger partial charge >= 0.3 is 0 Å². The molecule has 0 bridgehead atoms. The van der Waals surface area contributed by atoms with Crippen LogP contribution in [0.4, 0.5) is 8.78 Å². The van der Waals surface area contributed by atoms with Crippen molar-refractivity contribution in [3.8, 4) is 6.07 Å². The Balaban J connectivity index is 2.37. The van der Waals surface area contributed by atoms with Crippen molar-refractivity contribution in [1.29, 1.82) is 5.26 Å². The molecular weight excluding hydrogens is 298 g/mol. The van der Waals surface area contributed by atoms with E-state index >= 15 is 0 Å². The predicted octanol–water partition coefficient (Wildman–Crippen LogP) is 2.73. The van der Waals surface area contributed by atoms with Crippen LogP contribution in [0.1, 0.15) is 37.8 Å². The van der Waals surface area contributed by atoms with Crippen LogP contribution in [-0.4, -0.2) is 24.5 Å². The number of nitriles is 1. The van der Waals surface area contributed by atoms with Crippen LogP contribution in [0.5, 0.6) is 0 Å². The minimum absolute atomic E-state index is 0.194. The predicted molar refractivity (Wildman–Crippen MR) is 73.7 cm³/mol. The van der Waals surface area contributed by atoms with Crippen molar-refractivity contribution in [2.24, 2.45) is 0 Å². The highest BCUT2D eigenvalue weighted by molar-refractivity contribution is 7.90. The fourth-order valence-corrected chi connectivity index (χ4v) is 4.48. The number of sulfonamides is 1. The molecule has 21 heavy (non-hydrogen) atoms. The highest BCUT2D eigenvalue weighted by atomic mass is 32.2.